The molecule has 0 spiro atoms. The Morgan fingerprint density at radius 3 is 2.00 bits per heavy atom. The monoisotopic (exact) mass is 756 g/mol. The minimum absolute atomic E-state index is 0.0123. The molecule has 19 nitrogen and oxygen atoms in total. The first-order valence-electron chi connectivity index (χ1n) is 16.1. The maximum absolute atomic E-state index is 13.5. The quantitative estimate of drug-likeness (QED) is 0.0444. The van der Waals surface area contributed by atoms with Gasteiger partial charge in [0.25, 0.3) is 5.91 Å². The Morgan fingerprint density at radius 1 is 0.808 bits per heavy atom. The van der Waals surface area contributed by atoms with Crippen LogP contribution in [-0.2, 0) is 67.6 Å². The van der Waals surface area contributed by atoms with Crippen LogP contribution in [0.1, 0.15) is 50.5 Å². The van der Waals surface area contributed by atoms with E-state index < -0.39 is 67.1 Å². The Labute approximate surface area is 304 Å². The van der Waals surface area contributed by atoms with Crippen LogP contribution in [0.4, 0.5) is 0 Å². The van der Waals surface area contributed by atoms with Gasteiger partial charge >= 0.3 is 23.9 Å². The summed E-state index contributed by atoms with van der Waals surface area (Å²) in [5.41, 5.74) is 8.85. The molecule has 0 bridgehead atoms. The van der Waals surface area contributed by atoms with E-state index in [0.717, 1.165) is 39.5 Å². The van der Waals surface area contributed by atoms with Gasteiger partial charge in [0, 0.05) is 58.4 Å². The average Bonchev–Trinajstić information content (AvgIpc) is 3.07. The van der Waals surface area contributed by atoms with Gasteiger partial charge in [-0.05, 0) is 23.2 Å². The van der Waals surface area contributed by atoms with Crippen molar-refractivity contribution >= 4 is 46.7 Å². The number of hydrogen-bond acceptors (Lipinski definition) is 17. The number of nitrogens with one attached hydrogen (secondary N) is 1. The molecule has 0 radical (unpaired) electrons. The summed E-state index contributed by atoms with van der Waals surface area (Å²) in [4.78, 5) is 75.9. The number of amides is 1. The van der Waals surface area contributed by atoms with Crippen molar-refractivity contribution in [1.82, 2.24) is 5.32 Å². The third kappa shape index (κ3) is 16.7. The number of azide groups is 1. The van der Waals surface area contributed by atoms with E-state index in [1.807, 2.05) is 0 Å². The van der Waals surface area contributed by atoms with E-state index in [1.54, 1.807) is 6.07 Å². The summed E-state index contributed by atoms with van der Waals surface area (Å²) in [5.74, 6) is -3.52. The van der Waals surface area contributed by atoms with Crippen molar-refractivity contribution in [3.05, 3.63) is 39.8 Å². The van der Waals surface area contributed by atoms with E-state index in [9.17, 15) is 28.8 Å². The highest BCUT2D eigenvalue weighted by molar-refractivity contribution is 8.12. The predicted octanol–water partition coefficient (Wildman–Crippen LogP) is 2.02. The molecule has 1 aromatic rings. The number of rotatable bonds is 22. The van der Waals surface area contributed by atoms with E-state index in [0.29, 0.717) is 18.8 Å². The molecule has 1 aliphatic heterocycles. The fraction of sp³-hybridized carbons (Fsp3) is 0.625. The second-order valence-corrected chi connectivity index (χ2v) is 12.0. The molecule has 0 aromatic heterocycles. The highest BCUT2D eigenvalue weighted by Gasteiger charge is 2.53. The largest absolute Gasteiger partial charge is 0.463 e. The molecule has 1 amide bonds. The molecule has 1 fully saturated rings. The number of esters is 4. The maximum atomic E-state index is 13.5. The summed E-state index contributed by atoms with van der Waals surface area (Å²) in [6.07, 6.45) is -7.25. The molecule has 1 saturated heterocycles. The number of nitrogens with zero attached hydrogens (tertiary/aromatic N) is 3. The van der Waals surface area contributed by atoms with Crippen LogP contribution in [0.5, 0.6) is 5.75 Å². The molecule has 0 saturated carbocycles. The second kappa shape index (κ2) is 23.9. The first kappa shape index (κ1) is 43.7. The minimum atomic E-state index is -1.58. The summed E-state index contributed by atoms with van der Waals surface area (Å²) in [7, 11) is 0. The standard InChI is InChI=1S/C32H44N4O15S/c1-19(37)46-17-27-28(47-20(2)38)29(48-21(3)39)30(49-22(4)40)32(51-27)50-26-7-6-24(18-52-23(5)41)16-25(26)31(42)34-8-10-43-12-14-45-15-13-44-11-9-35-36-33/h6-7,16,27-30,32H,8-15,17-18H2,1-5H3,(H,34,42)/t27-,28+,29+,30-,32?/m1/s1. The molecular formula is C32H44N4O15S. The fourth-order valence-electron chi connectivity index (χ4n) is 4.56. The minimum Gasteiger partial charge on any atom is -0.463 e. The average molecular weight is 757 g/mol. The summed E-state index contributed by atoms with van der Waals surface area (Å²) in [6, 6.07) is 4.57. The molecule has 5 atom stereocenters. The van der Waals surface area contributed by atoms with Gasteiger partial charge in [0.1, 0.15) is 18.5 Å². The van der Waals surface area contributed by atoms with Gasteiger partial charge in [-0.3, -0.25) is 28.8 Å². The lowest BCUT2D eigenvalue weighted by molar-refractivity contribution is -0.288. The summed E-state index contributed by atoms with van der Waals surface area (Å²) in [5, 5.41) is 5.95. The zero-order chi connectivity index (χ0) is 38.5. The molecule has 288 valence electrons. The van der Waals surface area contributed by atoms with E-state index in [4.69, 9.17) is 48.2 Å². The van der Waals surface area contributed by atoms with Crippen molar-refractivity contribution in [2.24, 2.45) is 5.11 Å². The first-order valence-corrected chi connectivity index (χ1v) is 17.1. The van der Waals surface area contributed by atoms with E-state index in [2.05, 4.69) is 15.3 Å². The van der Waals surface area contributed by atoms with Crippen molar-refractivity contribution in [3.8, 4) is 5.75 Å². The zero-order valence-corrected chi connectivity index (χ0v) is 30.4. The Hall–Kier alpha value is -4.46. The van der Waals surface area contributed by atoms with Gasteiger partial charge in [0.15, 0.2) is 17.3 Å². The lowest BCUT2D eigenvalue weighted by Gasteiger charge is -2.44. The Kier molecular flexibility index (Phi) is 20.1. The Balaban J connectivity index is 2.24. The summed E-state index contributed by atoms with van der Waals surface area (Å²) >= 11 is 1.03. The predicted molar refractivity (Wildman–Crippen MR) is 180 cm³/mol. The smallest absolute Gasteiger partial charge is 0.303 e. The second-order valence-electron chi connectivity index (χ2n) is 10.8. The lowest BCUT2D eigenvalue weighted by atomic mass is 9.98. The number of thioether (sulfide) groups is 1. The third-order valence-electron chi connectivity index (χ3n) is 6.60. The van der Waals surface area contributed by atoms with Crippen LogP contribution >= 0.6 is 11.8 Å². The van der Waals surface area contributed by atoms with E-state index >= 15 is 0 Å². The molecular weight excluding hydrogens is 712 g/mol. The fourth-order valence-corrected chi connectivity index (χ4v) is 5.11. The molecule has 0 aliphatic carbocycles. The van der Waals surface area contributed by atoms with Crippen LogP contribution in [0, 0.1) is 0 Å². The van der Waals surface area contributed by atoms with Crippen LogP contribution in [0.2, 0.25) is 0 Å². The third-order valence-corrected chi connectivity index (χ3v) is 7.48. The number of ether oxygens (including phenoxy) is 9. The van der Waals surface area contributed by atoms with Crippen molar-refractivity contribution in [1.29, 1.82) is 0 Å². The van der Waals surface area contributed by atoms with Crippen molar-refractivity contribution < 1.29 is 71.4 Å². The molecule has 1 unspecified atom stereocenters. The molecule has 2 rings (SSSR count). The van der Waals surface area contributed by atoms with Gasteiger partial charge in [-0.25, -0.2) is 0 Å². The van der Waals surface area contributed by atoms with Gasteiger partial charge < -0.3 is 47.9 Å². The summed E-state index contributed by atoms with van der Waals surface area (Å²) in [6.45, 7) is 7.27. The Bertz CT molecular complexity index is 1420. The molecule has 52 heavy (non-hydrogen) atoms. The summed E-state index contributed by atoms with van der Waals surface area (Å²) < 4.78 is 49.7. The van der Waals surface area contributed by atoms with Crippen LogP contribution in [0.25, 0.3) is 10.4 Å². The Morgan fingerprint density at radius 2 is 1.40 bits per heavy atom. The van der Waals surface area contributed by atoms with Gasteiger partial charge in [0.2, 0.25) is 12.4 Å². The van der Waals surface area contributed by atoms with Crippen LogP contribution in [0.15, 0.2) is 23.3 Å². The van der Waals surface area contributed by atoms with Gasteiger partial charge in [-0.2, -0.15) is 0 Å². The number of benzene rings is 1. The topological polar surface area (TPSA) is 246 Å². The maximum Gasteiger partial charge on any atom is 0.303 e. The highest BCUT2D eigenvalue weighted by Crippen LogP contribution is 2.33. The molecule has 1 aliphatic rings. The van der Waals surface area contributed by atoms with E-state index in [1.165, 1.54) is 19.1 Å². The SMILES string of the molecule is CC(=O)OC[C@H]1OC(Oc2ccc(CSC(C)=O)cc2C(=O)NCCOCCOCCOCCN=[N+]=[N-])[C@H](OC(C)=O)[C@@H](OC(C)=O)[C@H]1OC(C)=O. The normalized spacial score (nSPS) is 19.4. The number of carbonyl (C=O) groups is 6. The zero-order valence-electron chi connectivity index (χ0n) is 29.6. The molecule has 1 heterocycles. The van der Waals surface area contributed by atoms with Gasteiger partial charge in [0.05, 0.1) is 45.2 Å². The first-order chi connectivity index (χ1) is 24.8. The van der Waals surface area contributed by atoms with Crippen LogP contribution in [0.3, 0.4) is 0 Å². The van der Waals surface area contributed by atoms with Crippen molar-refractivity contribution in [2.75, 3.05) is 59.3 Å². The van der Waals surface area contributed by atoms with Crippen molar-refractivity contribution in [3.63, 3.8) is 0 Å². The van der Waals surface area contributed by atoms with Gasteiger partial charge in [-0.1, -0.05) is 22.9 Å². The molecule has 20 heteroatoms. The van der Waals surface area contributed by atoms with E-state index in [-0.39, 0.29) is 61.7 Å². The number of carbonyl (C=O) groups excluding carboxylic acids is 6. The van der Waals surface area contributed by atoms with Gasteiger partial charge in [-0.15, -0.1) is 0 Å². The van der Waals surface area contributed by atoms with Crippen molar-refractivity contribution in [2.45, 2.75) is 71.1 Å². The van der Waals surface area contributed by atoms with Crippen LogP contribution < -0.4 is 10.1 Å². The molecule has 1 N–H and O–H groups in total. The number of hydrogen-bond donors (Lipinski definition) is 1. The lowest BCUT2D eigenvalue weighted by Crippen LogP contribution is -2.63. The molecule has 1 aromatic carbocycles. The highest BCUT2D eigenvalue weighted by atomic mass is 32.2. The van der Waals surface area contributed by atoms with Crippen LogP contribution in [-0.4, -0.2) is 125 Å².